The third-order valence-electron chi connectivity index (χ3n) is 25.3. The van der Waals surface area contributed by atoms with E-state index in [1.54, 1.807) is 0 Å². The van der Waals surface area contributed by atoms with Crippen molar-refractivity contribution < 1.29 is 13.3 Å². The third-order valence-corrected chi connectivity index (χ3v) is 25.3. The van der Waals surface area contributed by atoms with Crippen LogP contribution in [0, 0.1) is 27.7 Å². The standard InChI is InChI=1S/C46H28N2O.2C36H24N2O/c1-3-9-29(10-4-1)33-19-22-37-39(25-33)40-26-34(30-11-5-2-6-12-30)20-23-38(40)46-45(37)47-28-42(48-46)32-17-15-31(16-18-32)35-21-24-44-41(27-35)36-13-7-8-14-43(36)49-44;1-21-7-14-26-27-15-8-22(2)18-31(27)36-35(30(26)17-21)37-20-32(38-36)24-11-9-23(10-12-24)25-13-16-34-29(19-25)28-5-3-4-6-33(28)39-34;1-21-7-14-27-29(17-21)30-18-22(2)8-15-28(30)36-35(27)37-20-32(38-36)24-11-9-23(10-12-24)25-13-16-34-31(19-25)26-5-3-4-6-33(26)39-34/h1-28H;2*3-20H,1-2H3. The molecule has 0 aliphatic carbocycles. The second kappa shape index (κ2) is 30.2. The van der Waals surface area contributed by atoms with Crippen molar-refractivity contribution in [1.29, 1.82) is 0 Å². The van der Waals surface area contributed by atoms with Gasteiger partial charge in [-0.15, -0.1) is 0 Å². The summed E-state index contributed by atoms with van der Waals surface area (Å²) in [7, 11) is 0. The van der Waals surface area contributed by atoms with Gasteiger partial charge >= 0.3 is 0 Å². The summed E-state index contributed by atoms with van der Waals surface area (Å²) in [6.45, 7) is 8.53. The van der Waals surface area contributed by atoms with Gasteiger partial charge < -0.3 is 13.3 Å². The van der Waals surface area contributed by atoms with Crippen molar-refractivity contribution in [3.63, 3.8) is 0 Å². The Morgan fingerprint density at radius 1 is 0.150 bits per heavy atom. The highest BCUT2D eigenvalue weighted by atomic mass is 16.3. The van der Waals surface area contributed by atoms with E-state index in [1.165, 1.54) is 76.8 Å². The lowest BCUT2D eigenvalue weighted by atomic mass is 9.93. The second-order valence-corrected chi connectivity index (χ2v) is 33.5. The maximum absolute atomic E-state index is 6.05. The molecule has 0 saturated carbocycles. The van der Waals surface area contributed by atoms with E-state index < -0.39 is 0 Å². The van der Waals surface area contributed by atoms with Crippen molar-refractivity contribution in [2.45, 2.75) is 27.7 Å². The van der Waals surface area contributed by atoms with Crippen LogP contribution < -0.4 is 0 Å². The van der Waals surface area contributed by atoms with Crippen molar-refractivity contribution in [3.05, 3.63) is 411 Å². The Hall–Kier alpha value is -16.6. The molecule has 0 saturated heterocycles. The monoisotopic (exact) mass is 1620 g/mol. The Morgan fingerprint density at radius 2 is 0.378 bits per heavy atom. The van der Waals surface area contributed by atoms with E-state index in [0.717, 1.165) is 198 Å². The van der Waals surface area contributed by atoms with E-state index >= 15 is 0 Å². The molecule has 0 N–H and O–H groups in total. The molecule has 0 spiro atoms. The molecule has 9 heteroatoms. The number of hydrogen-bond donors (Lipinski definition) is 0. The predicted molar refractivity (Wildman–Crippen MR) is 528 cm³/mol. The van der Waals surface area contributed by atoms with Gasteiger partial charge in [-0.25, -0.2) is 15.0 Å². The molecule has 9 nitrogen and oxygen atoms in total. The summed E-state index contributed by atoms with van der Waals surface area (Å²) in [6.07, 6.45) is 5.72. The minimum Gasteiger partial charge on any atom is -0.456 e. The van der Waals surface area contributed by atoms with Crippen LogP contribution in [0.3, 0.4) is 0 Å². The molecule has 26 aromatic rings. The van der Waals surface area contributed by atoms with E-state index in [0.29, 0.717) is 0 Å². The zero-order chi connectivity index (χ0) is 84.5. The van der Waals surface area contributed by atoms with Crippen molar-refractivity contribution >= 4 is 164 Å². The van der Waals surface area contributed by atoms with E-state index in [2.05, 4.69) is 361 Å². The second-order valence-electron chi connectivity index (χ2n) is 33.5. The minimum absolute atomic E-state index is 0.851. The molecular weight excluding hydrogens is 1550 g/mol. The fourth-order valence-corrected chi connectivity index (χ4v) is 18.9. The molecule has 0 fully saturated rings. The Morgan fingerprint density at radius 3 is 0.732 bits per heavy atom. The van der Waals surface area contributed by atoms with Crippen LogP contribution in [0.5, 0.6) is 0 Å². The zero-order valence-electron chi connectivity index (χ0n) is 69.9. The van der Waals surface area contributed by atoms with E-state index in [1.807, 2.05) is 55.0 Å². The van der Waals surface area contributed by atoms with Gasteiger partial charge in [0.05, 0.1) is 68.8 Å². The molecule has 0 amide bonds. The summed E-state index contributed by atoms with van der Waals surface area (Å²) >= 11 is 0. The molecule has 127 heavy (non-hydrogen) atoms. The van der Waals surface area contributed by atoms with Crippen molar-refractivity contribution in [2.75, 3.05) is 0 Å². The first-order chi connectivity index (χ1) is 62.5. The van der Waals surface area contributed by atoms with E-state index in [-0.39, 0.29) is 0 Å². The number of benzene rings is 20. The molecule has 20 aromatic carbocycles. The van der Waals surface area contributed by atoms with Crippen LogP contribution in [0.2, 0.25) is 0 Å². The van der Waals surface area contributed by atoms with Crippen LogP contribution in [0.25, 0.3) is 253 Å². The fraction of sp³-hybridized carbons (Fsp3) is 0.0339. The Labute approximate surface area is 729 Å². The first-order valence-electron chi connectivity index (χ1n) is 43.0. The number of hydrogen-bond acceptors (Lipinski definition) is 9. The molecule has 26 rings (SSSR count). The molecule has 0 aliphatic rings. The minimum atomic E-state index is 0.851. The van der Waals surface area contributed by atoms with Gasteiger partial charge in [-0.1, -0.05) is 313 Å². The van der Waals surface area contributed by atoms with Crippen molar-refractivity contribution in [3.8, 4) is 89.4 Å². The van der Waals surface area contributed by atoms with E-state index in [4.69, 9.17) is 43.2 Å². The normalized spacial score (nSPS) is 11.8. The first-order valence-corrected chi connectivity index (χ1v) is 43.0. The van der Waals surface area contributed by atoms with Gasteiger partial charge in [-0.2, -0.15) is 0 Å². The van der Waals surface area contributed by atoms with Crippen LogP contribution in [0.4, 0.5) is 0 Å². The van der Waals surface area contributed by atoms with Crippen molar-refractivity contribution in [1.82, 2.24) is 29.9 Å². The molecule has 0 atom stereocenters. The van der Waals surface area contributed by atoms with Gasteiger partial charge in [-0.05, 0) is 195 Å². The van der Waals surface area contributed by atoms with Gasteiger partial charge in [0.15, 0.2) is 0 Å². The fourth-order valence-electron chi connectivity index (χ4n) is 18.9. The highest BCUT2D eigenvalue weighted by Gasteiger charge is 2.21. The van der Waals surface area contributed by atoms with Crippen LogP contribution >= 0.6 is 0 Å². The maximum Gasteiger partial charge on any atom is 0.135 e. The molecule has 6 heterocycles. The molecule has 0 bridgehead atoms. The van der Waals surface area contributed by atoms with Gasteiger partial charge in [0.25, 0.3) is 0 Å². The number of nitrogens with zero attached hydrogens (tertiary/aromatic N) is 6. The average molecular weight is 1630 g/mol. The number of fused-ring (bicyclic) bond motifs is 27. The molecule has 6 aromatic heterocycles. The summed E-state index contributed by atoms with van der Waals surface area (Å²) in [6, 6.07) is 131. The van der Waals surface area contributed by atoms with Gasteiger partial charge in [0, 0.05) is 81.3 Å². The van der Waals surface area contributed by atoms with Gasteiger partial charge in [0.2, 0.25) is 0 Å². The molecule has 0 unspecified atom stereocenters. The highest BCUT2D eigenvalue weighted by Crippen LogP contribution is 2.44. The number of para-hydroxylation sites is 3. The maximum atomic E-state index is 6.05. The molecule has 0 aliphatic heterocycles. The summed E-state index contributed by atoms with van der Waals surface area (Å²) in [5.41, 5.74) is 33.4. The number of rotatable bonds is 8. The lowest BCUT2D eigenvalue weighted by Gasteiger charge is -2.13. The summed E-state index contributed by atoms with van der Waals surface area (Å²) in [4.78, 5) is 30.7. The largest absolute Gasteiger partial charge is 0.456 e. The number of aryl methyl sites for hydroxylation is 4. The Bertz CT molecular complexity index is 8980. The zero-order valence-corrected chi connectivity index (χ0v) is 69.9. The molecule has 0 radical (unpaired) electrons. The predicted octanol–water partition coefficient (Wildman–Crippen LogP) is 32.1. The topological polar surface area (TPSA) is 117 Å². The van der Waals surface area contributed by atoms with Crippen LogP contribution in [0.1, 0.15) is 22.3 Å². The van der Waals surface area contributed by atoms with Crippen LogP contribution in [-0.2, 0) is 0 Å². The van der Waals surface area contributed by atoms with E-state index in [9.17, 15) is 0 Å². The van der Waals surface area contributed by atoms with Crippen molar-refractivity contribution in [2.24, 2.45) is 0 Å². The van der Waals surface area contributed by atoms with Crippen LogP contribution in [0.15, 0.2) is 402 Å². The molecule has 596 valence electrons. The Balaban J connectivity index is 0.000000107. The van der Waals surface area contributed by atoms with Gasteiger partial charge in [0.1, 0.15) is 33.5 Å². The van der Waals surface area contributed by atoms with Gasteiger partial charge in [-0.3, -0.25) is 15.0 Å². The Kier molecular flexibility index (Phi) is 17.6. The quantitative estimate of drug-likeness (QED) is 0.137. The SMILES string of the molecule is Cc1ccc2c(c1)c1cc(C)ccc1c1nc(-c3ccc(-c4ccc5oc6ccccc6c5c4)cc3)cnc21.Cc1ccc2c3ccc(C)cc3c3nc(-c4ccc(-c5ccc6oc7ccccc7c6c5)cc4)cnc3c2c1.c1ccc(-c2ccc3c(c2)c2cc(-c4ccccc4)ccc2c2nc(-c4ccc(-c5ccc6oc7ccccc7c6c5)cc4)cnc32)cc1. The lowest BCUT2D eigenvalue weighted by Crippen LogP contribution is -1.93. The molecular formula is C118H76N6O3. The average Bonchev–Trinajstić information content (AvgIpc) is 1.57. The lowest BCUT2D eigenvalue weighted by molar-refractivity contribution is 0.668. The third kappa shape index (κ3) is 13.1. The first kappa shape index (κ1) is 74.2. The smallest absolute Gasteiger partial charge is 0.135 e. The summed E-state index contributed by atoms with van der Waals surface area (Å²) in [5, 5.41) is 20.8. The number of furan rings is 3. The highest BCUT2D eigenvalue weighted by molar-refractivity contribution is 6.27. The summed E-state index contributed by atoms with van der Waals surface area (Å²) < 4.78 is 18.1. The number of aromatic nitrogens is 6. The summed E-state index contributed by atoms with van der Waals surface area (Å²) in [5.74, 6) is 0. The van der Waals surface area contributed by atoms with Crippen LogP contribution in [-0.4, -0.2) is 29.9 Å².